The Kier molecular flexibility index (Phi) is 6.03. The summed E-state index contributed by atoms with van der Waals surface area (Å²) in [5.41, 5.74) is 2.14. The molecule has 0 N–H and O–H groups in total. The number of aryl methyl sites for hydroxylation is 2. The van der Waals surface area contributed by atoms with Crippen molar-refractivity contribution in [2.45, 2.75) is 26.7 Å². The Bertz CT molecular complexity index is 647. The highest BCUT2D eigenvalue weighted by Gasteiger charge is 2.09. The molecule has 0 spiro atoms. The molecule has 0 heterocycles. The van der Waals surface area contributed by atoms with E-state index < -0.39 is 0 Å². The maximum atomic E-state index is 11.9. The highest BCUT2D eigenvalue weighted by molar-refractivity contribution is 5.72. The van der Waals surface area contributed by atoms with Crippen LogP contribution in [-0.2, 0) is 11.2 Å². The second-order valence-electron chi connectivity index (χ2n) is 5.21. The van der Waals surface area contributed by atoms with Crippen LogP contribution in [0, 0.1) is 6.92 Å². The molecule has 2 aromatic carbocycles. The average Bonchev–Trinajstić information content (AvgIpc) is 2.56. The van der Waals surface area contributed by atoms with Crippen molar-refractivity contribution < 1.29 is 19.0 Å². The average molecular weight is 314 g/mol. The fourth-order valence-electron chi connectivity index (χ4n) is 2.18. The summed E-state index contributed by atoms with van der Waals surface area (Å²) in [4.78, 5) is 11.9. The third-order valence-corrected chi connectivity index (χ3v) is 3.40. The van der Waals surface area contributed by atoms with Crippen LogP contribution in [-0.4, -0.2) is 19.7 Å². The van der Waals surface area contributed by atoms with Crippen molar-refractivity contribution in [3.8, 4) is 17.2 Å². The number of methoxy groups -OCH3 is 1. The summed E-state index contributed by atoms with van der Waals surface area (Å²) in [5.74, 6) is 1.71. The molecule has 0 saturated carbocycles. The van der Waals surface area contributed by atoms with Gasteiger partial charge in [0.2, 0.25) is 0 Å². The molecule has 0 fully saturated rings. The van der Waals surface area contributed by atoms with Gasteiger partial charge in [0.15, 0.2) is 11.5 Å². The maximum Gasteiger partial charge on any atom is 0.311 e. The molecule has 0 atom stereocenters. The third-order valence-electron chi connectivity index (χ3n) is 3.40. The Hall–Kier alpha value is -2.49. The van der Waals surface area contributed by atoms with E-state index in [0.29, 0.717) is 36.7 Å². The number of hydrogen-bond donors (Lipinski definition) is 0. The lowest BCUT2D eigenvalue weighted by Gasteiger charge is -2.11. The number of esters is 1. The number of hydrogen-bond acceptors (Lipinski definition) is 4. The molecule has 0 bridgehead atoms. The predicted molar refractivity (Wildman–Crippen MR) is 89.3 cm³/mol. The summed E-state index contributed by atoms with van der Waals surface area (Å²) in [6.45, 7) is 4.50. The van der Waals surface area contributed by atoms with Crippen molar-refractivity contribution in [1.82, 2.24) is 0 Å². The number of rotatable bonds is 7. The van der Waals surface area contributed by atoms with Crippen LogP contribution in [0.1, 0.15) is 24.5 Å². The summed E-state index contributed by atoms with van der Waals surface area (Å²) in [6, 6.07) is 13.1. The molecule has 0 aliphatic heterocycles. The van der Waals surface area contributed by atoms with Crippen molar-refractivity contribution in [3.63, 3.8) is 0 Å². The molecule has 4 heteroatoms. The summed E-state index contributed by atoms with van der Waals surface area (Å²) in [5, 5.41) is 0. The first-order chi connectivity index (χ1) is 11.1. The number of carbonyl (C=O) groups excluding carboxylic acids is 1. The van der Waals surface area contributed by atoms with Crippen LogP contribution >= 0.6 is 0 Å². The van der Waals surface area contributed by atoms with E-state index in [0.717, 1.165) is 11.1 Å². The lowest BCUT2D eigenvalue weighted by molar-refractivity contribution is -0.134. The van der Waals surface area contributed by atoms with Gasteiger partial charge in [0, 0.05) is 6.42 Å². The van der Waals surface area contributed by atoms with Crippen LogP contribution in [0.25, 0.3) is 0 Å². The van der Waals surface area contributed by atoms with Gasteiger partial charge in [-0.1, -0.05) is 23.8 Å². The van der Waals surface area contributed by atoms with Gasteiger partial charge >= 0.3 is 5.97 Å². The largest absolute Gasteiger partial charge is 0.493 e. The summed E-state index contributed by atoms with van der Waals surface area (Å²) < 4.78 is 16.1. The van der Waals surface area contributed by atoms with E-state index in [9.17, 15) is 4.79 Å². The molecule has 0 saturated heterocycles. The van der Waals surface area contributed by atoms with Crippen molar-refractivity contribution >= 4 is 5.97 Å². The number of benzene rings is 2. The Labute approximate surface area is 137 Å². The van der Waals surface area contributed by atoms with E-state index >= 15 is 0 Å². The van der Waals surface area contributed by atoms with Gasteiger partial charge in [0.1, 0.15) is 5.75 Å². The molecule has 0 aromatic heterocycles. The lowest BCUT2D eigenvalue weighted by atomic mass is 10.1. The molecular weight excluding hydrogens is 292 g/mol. The monoisotopic (exact) mass is 314 g/mol. The number of ether oxygens (including phenoxy) is 3. The zero-order valence-electron chi connectivity index (χ0n) is 13.8. The summed E-state index contributed by atoms with van der Waals surface area (Å²) in [6.07, 6.45) is 0.901. The first-order valence-corrected chi connectivity index (χ1v) is 7.69. The molecule has 4 nitrogen and oxygen atoms in total. The molecule has 0 radical (unpaired) electrons. The fourth-order valence-corrected chi connectivity index (χ4v) is 2.18. The van der Waals surface area contributed by atoms with E-state index in [4.69, 9.17) is 14.2 Å². The minimum Gasteiger partial charge on any atom is -0.493 e. The molecule has 122 valence electrons. The van der Waals surface area contributed by atoms with Crippen LogP contribution in [0.3, 0.4) is 0 Å². The highest BCUT2D eigenvalue weighted by atomic mass is 16.5. The van der Waals surface area contributed by atoms with Crippen molar-refractivity contribution in [3.05, 3.63) is 53.6 Å². The highest BCUT2D eigenvalue weighted by Crippen LogP contribution is 2.28. The molecule has 0 unspecified atom stereocenters. The van der Waals surface area contributed by atoms with Gasteiger partial charge in [0.25, 0.3) is 0 Å². The molecule has 2 aromatic rings. The second kappa shape index (κ2) is 8.22. The van der Waals surface area contributed by atoms with Gasteiger partial charge in [-0.25, -0.2) is 0 Å². The topological polar surface area (TPSA) is 44.8 Å². The SMILES string of the molecule is CCOc1ccc(CCC(=O)Oc2ccc(C)cc2)cc1OC. The van der Waals surface area contributed by atoms with Crippen molar-refractivity contribution in [2.75, 3.05) is 13.7 Å². The van der Waals surface area contributed by atoms with Crippen LogP contribution in [0.15, 0.2) is 42.5 Å². The molecule has 0 aliphatic rings. The third kappa shape index (κ3) is 5.02. The smallest absolute Gasteiger partial charge is 0.311 e. The van der Waals surface area contributed by atoms with Gasteiger partial charge in [-0.15, -0.1) is 0 Å². The van der Waals surface area contributed by atoms with E-state index in [1.807, 2.05) is 44.2 Å². The molecule has 23 heavy (non-hydrogen) atoms. The van der Waals surface area contributed by atoms with E-state index in [-0.39, 0.29) is 5.97 Å². The lowest BCUT2D eigenvalue weighted by Crippen LogP contribution is -2.09. The maximum absolute atomic E-state index is 11.9. The van der Waals surface area contributed by atoms with Gasteiger partial charge in [-0.2, -0.15) is 0 Å². The van der Waals surface area contributed by atoms with E-state index in [1.54, 1.807) is 19.2 Å². The summed E-state index contributed by atoms with van der Waals surface area (Å²) in [7, 11) is 1.60. The first-order valence-electron chi connectivity index (χ1n) is 7.69. The van der Waals surface area contributed by atoms with Crippen molar-refractivity contribution in [1.29, 1.82) is 0 Å². The number of carbonyl (C=O) groups is 1. The van der Waals surface area contributed by atoms with Gasteiger partial charge in [-0.05, 0) is 50.1 Å². The van der Waals surface area contributed by atoms with Crippen LogP contribution in [0.4, 0.5) is 0 Å². The van der Waals surface area contributed by atoms with Crippen molar-refractivity contribution in [2.24, 2.45) is 0 Å². The molecule has 0 aliphatic carbocycles. The Morgan fingerprint density at radius 2 is 1.78 bits per heavy atom. The molecule has 2 rings (SSSR count). The Morgan fingerprint density at radius 1 is 1.04 bits per heavy atom. The quantitative estimate of drug-likeness (QED) is 0.573. The molecule has 0 amide bonds. The minimum atomic E-state index is -0.248. The Balaban J connectivity index is 1.92. The zero-order valence-corrected chi connectivity index (χ0v) is 13.8. The molecular formula is C19H22O4. The zero-order chi connectivity index (χ0) is 16.7. The first kappa shape index (κ1) is 16.9. The van der Waals surface area contributed by atoms with Crippen LogP contribution in [0.2, 0.25) is 0 Å². The van der Waals surface area contributed by atoms with E-state index in [1.165, 1.54) is 0 Å². The van der Waals surface area contributed by atoms with E-state index in [2.05, 4.69) is 0 Å². The standard InChI is InChI=1S/C19H22O4/c1-4-22-17-11-7-15(13-18(17)21-3)8-12-19(20)23-16-9-5-14(2)6-10-16/h5-7,9-11,13H,4,8,12H2,1-3H3. The Morgan fingerprint density at radius 3 is 2.43 bits per heavy atom. The fraction of sp³-hybridized carbons (Fsp3) is 0.316. The van der Waals surface area contributed by atoms with Gasteiger partial charge in [-0.3, -0.25) is 4.79 Å². The second-order valence-corrected chi connectivity index (χ2v) is 5.21. The predicted octanol–water partition coefficient (Wildman–Crippen LogP) is 3.94. The normalized spacial score (nSPS) is 10.2. The van der Waals surface area contributed by atoms with Gasteiger partial charge < -0.3 is 14.2 Å². The minimum absolute atomic E-state index is 0.248. The van der Waals surface area contributed by atoms with Gasteiger partial charge in [0.05, 0.1) is 13.7 Å². The van der Waals surface area contributed by atoms with Crippen LogP contribution in [0.5, 0.6) is 17.2 Å². The van der Waals surface area contributed by atoms with Crippen LogP contribution < -0.4 is 14.2 Å². The summed E-state index contributed by atoms with van der Waals surface area (Å²) >= 11 is 0.